The Morgan fingerprint density at radius 1 is 1.33 bits per heavy atom. The van der Waals surface area contributed by atoms with Gasteiger partial charge in [0.1, 0.15) is 11.7 Å². The van der Waals surface area contributed by atoms with Gasteiger partial charge in [0.05, 0.1) is 16.4 Å². The van der Waals surface area contributed by atoms with Crippen LogP contribution in [0.25, 0.3) is 0 Å². The van der Waals surface area contributed by atoms with Crippen molar-refractivity contribution in [2.24, 2.45) is 7.05 Å². The number of carbonyl (C=O) groups is 2. The van der Waals surface area contributed by atoms with Crippen molar-refractivity contribution in [2.75, 3.05) is 6.61 Å². The Kier molecular flexibility index (Phi) is 4.88. The van der Waals surface area contributed by atoms with E-state index >= 15 is 0 Å². The molecule has 1 amide bonds. The molecule has 1 aromatic heterocycles. The summed E-state index contributed by atoms with van der Waals surface area (Å²) >= 11 is 2.09. The molecule has 0 saturated carbocycles. The minimum atomic E-state index is -0.613. The van der Waals surface area contributed by atoms with Gasteiger partial charge in [-0.1, -0.05) is 24.3 Å². The van der Waals surface area contributed by atoms with Gasteiger partial charge < -0.3 is 9.64 Å². The molecule has 1 aliphatic rings. The lowest BCUT2D eigenvalue weighted by atomic mass is 9.93. The molecular formula is C17H18IN3O3. The Bertz CT molecular complexity index is 768. The van der Waals surface area contributed by atoms with E-state index in [2.05, 4.69) is 27.7 Å². The molecule has 7 heteroatoms. The first-order valence-electron chi connectivity index (χ1n) is 7.74. The van der Waals surface area contributed by atoms with Crippen LogP contribution in [0.1, 0.15) is 28.5 Å². The van der Waals surface area contributed by atoms with Gasteiger partial charge >= 0.3 is 5.97 Å². The second kappa shape index (κ2) is 6.92. The number of hydrogen-bond acceptors (Lipinski definition) is 4. The molecule has 1 aliphatic heterocycles. The fourth-order valence-corrected chi connectivity index (χ4v) is 3.68. The predicted molar refractivity (Wildman–Crippen MR) is 96.4 cm³/mol. The van der Waals surface area contributed by atoms with Crippen molar-refractivity contribution in [1.82, 2.24) is 14.7 Å². The van der Waals surface area contributed by atoms with Crippen molar-refractivity contribution in [3.05, 3.63) is 50.9 Å². The number of fused-ring (bicyclic) bond motifs is 1. The first-order chi connectivity index (χ1) is 11.5. The summed E-state index contributed by atoms with van der Waals surface area (Å²) in [7, 11) is 1.73. The fourth-order valence-electron chi connectivity index (χ4n) is 2.97. The number of aryl methyl sites for hydroxylation is 1. The van der Waals surface area contributed by atoms with Crippen molar-refractivity contribution in [1.29, 1.82) is 0 Å². The molecular weight excluding hydrogens is 421 g/mol. The van der Waals surface area contributed by atoms with Crippen LogP contribution in [-0.4, -0.2) is 39.2 Å². The minimum Gasteiger partial charge on any atom is -0.464 e. The SMILES string of the molecule is CCOC(=O)C1Cc2ccccc2CN1C(=O)c1c(I)cnn1C. The third-order valence-electron chi connectivity index (χ3n) is 4.16. The molecule has 0 N–H and O–H groups in total. The molecule has 0 radical (unpaired) electrons. The highest BCUT2D eigenvalue weighted by atomic mass is 127. The molecule has 0 spiro atoms. The van der Waals surface area contributed by atoms with Crippen LogP contribution in [0.2, 0.25) is 0 Å². The monoisotopic (exact) mass is 439 g/mol. The average molecular weight is 439 g/mol. The largest absolute Gasteiger partial charge is 0.464 e. The van der Waals surface area contributed by atoms with Crippen LogP contribution in [0.4, 0.5) is 0 Å². The number of hydrogen-bond donors (Lipinski definition) is 0. The van der Waals surface area contributed by atoms with E-state index in [4.69, 9.17) is 4.74 Å². The van der Waals surface area contributed by atoms with Gasteiger partial charge in [0.2, 0.25) is 0 Å². The lowest BCUT2D eigenvalue weighted by Gasteiger charge is -2.35. The van der Waals surface area contributed by atoms with E-state index in [0.29, 0.717) is 25.3 Å². The van der Waals surface area contributed by atoms with E-state index in [1.54, 1.807) is 29.7 Å². The van der Waals surface area contributed by atoms with Gasteiger partial charge in [0, 0.05) is 20.0 Å². The van der Waals surface area contributed by atoms with E-state index < -0.39 is 6.04 Å². The number of nitrogens with zero attached hydrogens (tertiary/aromatic N) is 3. The molecule has 1 aromatic carbocycles. The number of esters is 1. The molecule has 3 rings (SSSR count). The molecule has 6 nitrogen and oxygen atoms in total. The quantitative estimate of drug-likeness (QED) is 0.543. The summed E-state index contributed by atoms with van der Waals surface area (Å²) in [6.07, 6.45) is 2.11. The number of ether oxygens (including phenoxy) is 1. The van der Waals surface area contributed by atoms with Gasteiger partial charge in [-0.3, -0.25) is 9.48 Å². The average Bonchev–Trinajstić information content (AvgIpc) is 2.92. The van der Waals surface area contributed by atoms with Crippen molar-refractivity contribution in [3.8, 4) is 0 Å². The van der Waals surface area contributed by atoms with Crippen LogP contribution >= 0.6 is 22.6 Å². The summed E-state index contributed by atoms with van der Waals surface area (Å²) < 4.78 is 7.51. The smallest absolute Gasteiger partial charge is 0.329 e. The van der Waals surface area contributed by atoms with Crippen LogP contribution < -0.4 is 0 Å². The third-order valence-corrected chi connectivity index (χ3v) is 4.95. The summed E-state index contributed by atoms with van der Waals surface area (Å²) in [6.45, 7) is 2.45. The molecule has 126 valence electrons. The van der Waals surface area contributed by atoms with Gasteiger partial charge in [-0.05, 0) is 40.6 Å². The van der Waals surface area contributed by atoms with Crippen LogP contribution in [0.5, 0.6) is 0 Å². The summed E-state index contributed by atoms with van der Waals surface area (Å²) in [6, 6.07) is 7.27. The maximum absolute atomic E-state index is 13.1. The van der Waals surface area contributed by atoms with E-state index in [-0.39, 0.29) is 11.9 Å². The number of halogens is 1. The Balaban J connectivity index is 1.99. The lowest BCUT2D eigenvalue weighted by molar-refractivity contribution is -0.149. The van der Waals surface area contributed by atoms with Crippen LogP contribution in [0.3, 0.4) is 0 Å². The van der Waals surface area contributed by atoms with Crippen LogP contribution in [0.15, 0.2) is 30.5 Å². The zero-order chi connectivity index (χ0) is 17.3. The topological polar surface area (TPSA) is 64.4 Å². The molecule has 2 aromatic rings. The van der Waals surface area contributed by atoms with Crippen molar-refractivity contribution < 1.29 is 14.3 Å². The second-order valence-electron chi connectivity index (χ2n) is 5.64. The van der Waals surface area contributed by atoms with Gasteiger partial charge in [0.25, 0.3) is 5.91 Å². The van der Waals surface area contributed by atoms with Crippen molar-refractivity contribution >= 4 is 34.5 Å². The summed E-state index contributed by atoms with van der Waals surface area (Å²) in [5.41, 5.74) is 2.63. The van der Waals surface area contributed by atoms with E-state index in [1.807, 2.05) is 24.3 Å². The van der Waals surface area contributed by atoms with Gasteiger partial charge in [-0.15, -0.1) is 0 Å². The second-order valence-corrected chi connectivity index (χ2v) is 6.80. The number of benzene rings is 1. The summed E-state index contributed by atoms with van der Waals surface area (Å²) in [5, 5.41) is 4.13. The van der Waals surface area contributed by atoms with E-state index in [9.17, 15) is 9.59 Å². The maximum Gasteiger partial charge on any atom is 0.329 e. The molecule has 1 atom stereocenters. The molecule has 0 fully saturated rings. The predicted octanol–water partition coefficient (Wildman–Crippen LogP) is 2.15. The Labute approximate surface area is 153 Å². The van der Waals surface area contributed by atoms with Crippen molar-refractivity contribution in [3.63, 3.8) is 0 Å². The van der Waals surface area contributed by atoms with E-state index in [0.717, 1.165) is 14.7 Å². The minimum absolute atomic E-state index is 0.202. The Morgan fingerprint density at radius 2 is 2.04 bits per heavy atom. The van der Waals surface area contributed by atoms with Crippen LogP contribution in [0, 0.1) is 3.57 Å². The molecule has 2 heterocycles. The van der Waals surface area contributed by atoms with E-state index in [1.165, 1.54) is 0 Å². The molecule has 0 aliphatic carbocycles. The van der Waals surface area contributed by atoms with Gasteiger partial charge in [-0.2, -0.15) is 5.10 Å². The summed E-state index contributed by atoms with van der Waals surface area (Å²) in [5.74, 6) is -0.565. The normalized spacial score (nSPS) is 16.6. The third kappa shape index (κ3) is 3.04. The van der Waals surface area contributed by atoms with Gasteiger partial charge in [0.15, 0.2) is 0 Å². The summed E-state index contributed by atoms with van der Waals surface area (Å²) in [4.78, 5) is 27.1. The Hall–Kier alpha value is -1.90. The number of amides is 1. The molecule has 0 saturated heterocycles. The number of rotatable bonds is 3. The molecule has 24 heavy (non-hydrogen) atoms. The van der Waals surface area contributed by atoms with Crippen LogP contribution in [-0.2, 0) is 29.5 Å². The fraction of sp³-hybridized carbons (Fsp3) is 0.353. The highest BCUT2D eigenvalue weighted by Crippen LogP contribution is 2.26. The zero-order valence-electron chi connectivity index (χ0n) is 13.5. The highest BCUT2D eigenvalue weighted by molar-refractivity contribution is 14.1. The molecule has 0 bridgehead atoms. The number of aromatic nitrogens is 2. The Morgan fingerprint density at radius 3 is 2.67 bits per heavy atom. The first-order valence-corrected chi connectivity index (χ1v) is 8.82. The molecule has 1 unspecified atom stereocenters. The first kappa shape index (κ1) is 16.9. The lowest BCUT2D eigenvalue weighted by Crippen LogP contribution is -2.49. The van der Waals surface area contributed by atoms with Gasteiger partial charge in [-0.25, -0.2) is 4.79 Å². The zero-order valence-corrected chi connectivity index (χ0v) is 15.7. The maximum atomic E-state index is 13.1. The number of carbonyl (C=O) groups excluding carboxylic acids is 2. The standard InChI is InChI=1S/C17H18IN3O3/c1-3-24-17(23)14-8-11-6-4-5-7-12(11)10-21(14)16(22)15-13(18)9-19-20(15)2/h4-7,9,14H,3,8,10H2,1-2H3. The highest BCUT2D eigenvalue weighted by Gasteiger charge is 2.37. The van der Waals surface area contributed by atoms with Crippen molar-refractivity contribution in [2.45, 2.75) is 25.9 Å².